The molecule has 0 spiro atoms. The largest absolute Gasteiger partial charge is 0.393 e. The molecule has 2 aromatic carbocycles. The topological polar surface area (TPSA) is 66.8 Å². The van der Waals surface area contributed by atoms with Crippen molar-refractivity contribution in [1.82, 2.24) is 0 Å². The molecular formula is C21H17NO4. The second-order valence-corrected chi connectivity index (χ2v) is 6.98. The first-order valence-electron chi connectivity index (χ1n) is 8.66. The smallest absolute Gasteiger partial charge is 0.241 e. The number of aliphatic hydroxyl groups is 1. The molecule has 5 rings (SSSR count). The molecule has 26 heavy (non-hydrogen) atoms. The quantitative estimate of drug-likeness (QED) is 0.682. The van der Waals surface area contributed by atoms with Crippen molar-refractivity contribution in [3.8, 4) is 11.1 Å². The maximum atomic E-state index is 13.0. The number of aliphatic hydroxyl groups excluding tert-OH is 1. The molecule has 2 aromatic rings. The third kappa shape index (κ3) is 1.92. The van der Waals surface area contributed by atoms with Crippen LogP contribution in [0.4, 0.5) is 5.69 Å². The summed E-state index contributed by atoms with van der Waals surface area (Å²) in [5.74, 6) is -1.75. The molecule has 2 bridgehead atoms. The molecule has 5 heteroatoms. The van der Waals surface area contributed by atoms with Crippen molar-refractivity contribution in [2.24, 2.45) is 11.8 Å². The van der Waals surface area contributed by atoms with Gasteiger partial charge in [-0.25, -0.2) is 4.90 Å². The highest BCUT2D eigenvalue weighted by Gasteiger charge is 2.67. The van der Waals surface area contributed by atoms with Crippen LogP contribution in [0.3, 0.4) is 0 Å². The van der Waals surface area contributed by atoms with Crippen molar-refractivity contribution in [3.63, 3.8) is 0 Å². The number of hydrogen-bond acceptors (Lipinski definition) is 4. The van der Waals surface area contributed by atoms with Crippen molar-refractivity contribution >= 4 is 17.5 Å². The van der Waals surface area contributed by atoms with Crippen molar-refractivity contribution in [3.05, 3.63) is 66.7 Å². The van der Waals surface area contributed by atoms with Gasteiger partial charge in [0.25, 0.3) is 0 Å². The van der Waals surface area contributed by atoms with E-state index in [1.165, 1.54) is 4.90 Å². The van der Waals surface area contributed by atoms with Crippen LogP contribution >= 0.6 is 0 Å². The molecule has 130 valence electrons. The van der Waals surface area contributed by atoms with Crippen LogP contribution < -0.4 is 4.90 Å². The standard InChI is InChI=1S/C21H17NO4/c23-12-21-11-10-16(26-21)17-18(21)20(25)22(19(17)24)15-8-6-14(7-9-15)13-4-2-1-3-5-13/h1-11,16-18,23H,12H2/t16-,17+,18-,21+/m1/s1. The lowest BCUT2D eigenvalue weighted by atomic mass is 9.77. The van der Waals surface area contributed by atoms with Gasteiger partial charge in [-0.15, -0.1) is 0 Å². The Labute approximate surface area is 150 Å². The molecule has 3 aliphatic rings. The van der Waals surface area contributed by atoms with Crippen LogP contribution in [0.25, 0.3) is 11.1 Å². The molecular weight excluding hydrogens is 330 g/mol. The summed E-state index contributed by atoms with van der Waals surface area (Å²) in [7, 11) is 0. The van der Waals surface area contributed by atoms with Gasteiger partial charge >= 0.3 is 0 Å². The van der Waals surface area contributed by atoms with Gasteiger partial charge in [0.1, 0.15) is 5.60 Å². The number of carbonyl (C=O) groups is 2. The number of rotatable bonds is 3. The number of hydrogen-bond donors (Lipinski definition) is 1. The highest BCUT2D eigenvalue weighted by molar-refractivity contribution is 6.23. The Morgan fingerprint density at radius 3 is 2.35 bits per heavy atom. The Bertz CT molecular complexity index is 921. The minimum absolute atomic E-state index is 0.253. The minimum Gasteiger partial charge on any atom is -0.393 e. The fourth-order valence-electron chi connectivity index (χ4n) is 4.37. The van der Waals surface area contributed by atoms with Gasteiger partial charge in [-0.1, -0.05) is 54.6 Å². The molecule has 0 radical (unpaired) electrons. The molecule has 0 unspecified atom stereocenters. The lowest BCUT2D eigenvalue weighted by molar-refractivity contribution is -0.128. The van der Waals surface area contributed by atoms with Crippen molar-refractivity contribution in [2.45, 2.75) is 11.7 Å². The molecule has 4 atom stereocenters. The number of carbonyl (C=O) groups excluding carboxylic acids is 2. The number of fused-ring (bicyclic) bond motifs is 5. The summed E-state index contributed by atoms with van der Waals surface area (Å²) in [6.07, 6.45) is 3.08. The van der Waals surface area contributed by atoms with E-state index < -0.39 is 23.5 Å². The summed E-state index contributed by atoms with van der Waals surface area (Å²) in [5, 5.41) is 9.76. The molecule has 5 nitrogen and oxygen atoms in total. The molecule has 0 aromatic heterocycles. The van der Waals surface area contributed by atoms with Gasteiger partial charge in [-0.05, 0) is 23.3 Å². The normalized spacial score (nSPS) is 31.7. The summed E-state index contributed by atoms with van der Waals surface area (Å²) in [5.41, 5.74) is 1.60. The second kappa shape index (κ2) is 5.37. The summed E-state index contributed by atoms with van der Waals surface area (Å²) in [4.78, 5) is 27.1. The van der Waals surface area contributed by atoms with Crippen LogP contribution in [-0.4, -0.2) is 35.2 Å². The first kappa shape index (κ1) is 15.5. The van der Waals surface area contributed by atoms with Crippen molar-refractivity contribution < 1.29 is 19.4 Å². The zero-order chi connectivity index (χ0) is 17.9. The van der Waals surface area contributed by atoms with E-state index in [1.54, 1.807) is 24.3 Å². The highest BCUT2D eigenvalue weighted by Crippen LogP contribution is 2.52. The van der Waals surface area contributed by atoms with E-state index >= 15 is 0 Å². The van der Waals surface area contributed by atoms with Crippen LogP contribution in [0, 0.1) is 11.8 Å². The molecule has 2 saturated heterocycles. The third-order valence-corrected chi connectivity index (χ3v) is 5.63. The van der Waals surface area contributed by atoms with Gasteiger partial charge in [0, 0.05) is 0 Å². The van der Waals surface area contributed by atoms with Crippen LogP contribution in [-0.2, 0) is 14.3 Å². The van der Waals surface area contributed by atoms with Gasteiger partial charge in [0.2, 0.25) is 11.8 Å². The zero-order valence-electron chi connectivity index (χ0n) is 13.9. The Balaban J connectivity index is 1.49. The average molecular weight is 347 g/mol. The summed E-state index contributed by atoms with van der Waals surface area (Å²) in [6, 6.07) is 17.3. The van der Waals surface area contributed by atoms with E-state index in [9.17, 15) is 14.7 Å². The SMILES string of the molecule is O=C1[C@H]2[C@H]3C=C[C@@](CO)(O3)[C@H]2C(=O)N1c1ccc(-c2ccccc2)cc1. The van der Waals surface area contributed by atoms with Gasteiger partial charge in [0.05, 0.1) is 30.2 Å². The highest BCUT2D eigenvalue weighted by atomic mass is 16.5. The van der Waals surface area contributed by atoms with Gasteiger partial charge in [-0.3, -0.25) is 9.59 Å². The second-order valence-electron chi connectivity index (χ2n) is 6.98. The molecule has 3 aliphatic heterocycles. The number of anilines is 1. The first-order chi connectivity index (χ1) is 12.6. The van der Waals surface area contributed by atoms with E-state index in [4.69, 9.17) is 4.74 Å². The van der Waals surface area contributed by atoms with Crippen molar-refractivity contribution in [2.75, 3.05) is 11.5 Å². The van der Waals surface area contributed by atoms with Crippen LogP contribution in [0.2, 0.25) is 0 Å². The Morgan fingerprint density at radius 2 is 1.65 bits per heavy atom. The molecule has 0 saturated carbocycles. The number of nitrogens with zero attached hydrogens (tertiary/aromatic N) is 1. The molecule has 2 amide bonds. The third-order valence-electron chi connectivity index (χ3n) is 5.63. The number of ether oxygens (including phenoxy) is 1. The van der Waals surface area contributed by atoms with E-state index in [1.807, 2.05) is 42.5 Å². The van der Waals surface area contributed by atoms with Gasteiger partial charge in [-0.2, -0.15) is 0 Å². The lowest BCUT2D eigenvalue weighted by Gasteiger charge is -2.26. The number of benzene rings is 2. The van der Waals surface area contributed by atoms with E-state index in [0.717, 1.165) is 11.1 Å². The first-order valence-corrected chi connectivity index (χ1v) is 8.66. The fourth-order valence-corrected chi connectivity index (χ4v) is 4.37. The Kier molecular flexibility index (Phi) is 3.20. The summed E-state index contributed by atoms with van der Waals surface area (Å²) < 4.78 is 5.75. The minimum atomic E-state index is -1.05. The van der Waals surface area contributed by atoms with Crippen molar-refractivity contribution in [1.29, 1.82) is 0 Å². The molecule has 0 aliphatic carbocycles. The fraction of sp³-hybridized carbons (Fsp3) is 0.238. The zero-order valence-corrected chi connectivity index (χ0v) is 13.9. The number of imide groups is 1. The van der Waals surface area contributed by atoms with E-state index in [-0.39, 0.29) is 18.4 Å². The molecule has 2 fully saturated rings. The molecule has 1 N–H and O–H groups in total. The lowest BCUT2D eigenvalue weighted by Crippen LogP contribution is -2.43. The van der Waals surface area contributed by atoms with E-state index in [0.29, 0.717) is 5.69 Å². The van der Waals surface area contributed by atoms with Crippen LogP contribution in [0.5, 0.6) is 0 Å². The maximum Gasteiger partial charge on any atom is 0.241 e. The van der Waals surface area contributed by atoms with Gasteiger partial charge < -0.3 is 9.84 Å². The summed E-state index contributed by atoms with van der Waals surface area (Å²) >= 11 is 0. The van der Waals surface area contributed by atoms with E-state index in [2.05, 4.69) is 0 Å². The molecule has 3 heterocycles. The Morgan fingerprint density at radius 1 is 0.962 bits per heavy atom. The van der Waals surface area contributed by atoms with Crippen LogP contribution in [0.15, 0.2) is 66.7 Å². The average Bonchev–Trinajstić information content (AvgIpc) is 3.33. The van der Waals surface area contributed by atoms with Gasteiger partial charge in [0.15, 0.2) is 0 Å². The predicted octanol–water partition coefficient (Wildman–Crippen LogP) is 2.16. The predicted molar refractivity (Wildman–Crippen MR) is 95.2 cm³/mol. The Hall–Kier alpha value is -2.76. The monoisotopic (exact) mass is 347 g/mol. The summed E-state index contributed by atoms with van der Waals surface area (Å²) in [6.45, 7) is -0.305. The number of amides is 2. The maximum absolute atomic E-state index is 13.0. The van der Waals surface area contributed by atoms with Crippen LogP contribution in [0.1, 0.15) is 0 Å².